The maximum absolute atomic E-state index is 11.1. The first kappa shape index (κ1) is 14.0. The zero-order chi connectivity index (χ0) is 13.8. The standard InChI is InChI=1S/C13H22N4O2/c1-9(8-19-2)7-17-13(10-4-3-5-10)11(15-16-17)6-12(14)18/h9-10H,3-8H2,1-2H3,(H2,14,18). The highest BCUT2D eigenvalue weighted by Crippen LogP contribution is 2.37. The third-order valence-corrected chi connectivity index (χ3v) is 3.62. The van der Waals surface area contributed by atoms with E-state index in [1.54, 1.807) is 7.11 Å². The quantitative estimate of drug-likeness (QED) is 0.793. The van der Waals surface area contributed by atoms with Crippen LogP contribution in [0.1, 0.15) is 43.5 Å². The molecule has 1 heterocycles. The summed E-state index contributed by atoms with van der Waals surface area (Å²) >= 11 is 0. The SMILES string of the molecule is COCC(C)Cn1nnc(CC(N)=O)c1C1CCC1. The first-order valence-electron chi connectivity index (χ1n) is 6.81. The topological polar surface area (TPSA) is 83.0 Å². The van der Waals surface area contributed by atoms with E-state index in [0.717, 1.165) is 30.8 Å². The number of nitrogens with zero attached hydrogens (tertiary/aromatic N) is 3. The Kier molecular flexibility index (Phi) is 4.52. The van der Waals surface area contributed by atoms with Gasteiger partial charge in [0.25, 0.3) is 0 Å². The molecule has 2 rings (SSSR count). The Morgan fingerprint density at radius 3 is 2.84 bits per heavy atom. The fourth-order valence-electron chi connectivity index (χ4n) is 2.54. The molecule has 1 saturated carbocycles. The molecule has 6 nitrogen and oxygen atoms in total. The van der Waals surface area contributed by atoms with Crippen LogP contribution in [0.5, 0.6) is 0 Å². The number of amides is 1. The van der Waals surface area contributed by atoms with Crippen LogP contribution in [0.15, 0.2) is 0 Å². The number of nitrogens with two attached hydrogens (primary N) is 1. The van der Waals surface area contributed by atoms with Crippen LogP contribution in [0, 0.1) is 5.92 Å². The number of ether oxygens (including phenoxy) is 1. The first-order valence-corrected chi connectivity index (χ1v) is 6.81. The molecule has 1 aliphatic carbocycles. The molecule has 1 unspecified atom stereocenters. The molecule has 6 heteroatoms. The molecule has 0 aromatic carbocycles. The molecule has 0 radical (unpaired) electrons. The largest absolute Gasteiger partial charge is 0.384 e. The van der Waals surface area contributed by atoms with Crippen molar-refractivity contribution < 1.29 is 9.53 Å². The molecule has 0 saturated heterocycles. The maximum Gasteiger partial charge on any atom is 0.223 e. The van der Waals surface area contributed by atoms with Gasteiger partial charge in [-0.2, -0.15) is 0 Å². The molecular formula is C13H22N4O2. The summed E-state index contributed by atoms with van der Waals surface area (Å²) in [5.41, 5.74) is 7.13. The van der Waals surface area contributed by atoms with Crippen molar-refractivity contribution in [2.45, 2.75) is 45.1 Å². The van der Waals surface area contributed by atoms with E-state index in [-0.39, 0.29) is 12.3 Å². The number of hydrogen-bond donors (Lipinski definition) is 1. The van der Waals surface area contributed by atoms with Crippen molar-refractivity contribution in [1.82, 2.24) is 15.0 Å². The van der Waals surface area contributed by atoms with Gasteiger partial charge >= 0.3 is 0 Å². The average Bonchev–Trinajstić information content (AvgIpc) is 2.60. The third kappa shape index (κ3) is 3.32. The van der Waals surface area contributed by atoms with Crippen LogP contribution in [0.3, 0.4) is 0 Å². The van der Waals surface area contributed by atoms with E-state index in [1.807, 2.05) is 4.68 Å². The number of hydrogen-bond acceptors (Lipinski definition) is 4. The Bertz CT molecular complexity index is 440. The number of rotatable bonds is 7. The average molecular weight is 266 g/mol. The van der Waals surface area contributed by atoms with Gasteiger partial charge in [-0.25, -0.2) is 4.68 Å². The molecule has 1 aromatic heterocycles. The number of aromatic nitrogens is 3. The minimum absolute atomic E-state index is 0.185. The summed E-state index contributed by atoms with van der Waals surface area (Å²) in [6.45, 7) is 3.57. The van der Waals surface area contributed by atoms with Crippen molar-refractivity contribution in [3.63, 3.8) is 0 Å². The Morgan fingerprint density at radius 2 is 2.32 bits per heavy atom. The first-order chi connectivity index (χ1) is 9.11. The lowest BCUT2D eigenvalue weighted by atomic mass is 9.81. The second-order valence-corrected chi connectivity index (χ2v) is 5.43. The fourth-order valence-corrected chi connectivity index (χ4v) is 2.54. The third-order valence-electron chi connectivity index (χ3n) is 3.62. The van der Waals surface area contributed by atoms with Gasteiger partial charge in [-0.1, -0.05) is 18.6 Å². The van der Waals surface area contributed by atoms with Crippen molar-refractivity contribution in [2.75, 3.05) is 13.7 Å². The Hall–Kier alpha value is -1.43. The lowest BCUT2D eigenvalue weighted by Gasteiger charge is -2.27. The van der Waals surface area contributed by atoms with Gasteiger partial charge in [-0.05, 0) is 18.8 Å². The summed E-state index contributed by atoms with van der Waals surface area (Å²) in [4.78, 5) is 11.1. The summed E-state index contributed by atoms with van der Waals surface area (Å²) in [6, 6.07) is 0. The summed E-state index contributed by atoms with van der Waals surface area (Å²) in [7, 11) is 1.70. The normalized spacial score (nSPS) is 17.2. The minimum Gasteiger partial charge on any atom is -0.384 e. The predicted octanol–water partition coefficient (Wildman–Crippen LogP) is 0.856. The number of methoxy groups -OCH3 is 1. The monoisotopic (exact) mass is 266 g/mol. The highest BCUT2D eigenvalue weighted by atomic mass is 16.5. The summed E-state index contributed by atoms with van der Waals surface area (Å²) in [5.74, 6) is 0.503. The van der Waals surface area contributed by atoms with Gasteiger partial charge in [0, 0.05) is 19.6 Å². The van der Waals surface area contributed by atoms with Crippen molar-refractivity contribution >= 4 is 5.91 Å². The molecule has 1 aliphatic rings. The van der Waals surface area contributed by atoms with Crippen LogP contribution < -0.4 is 5.73 Å². The lowest BCUT2D eigenvalue weighted by Crippen LogP contribution is -2.22. The molecule has 0 aliphatic heterocycles. The van der Waals surface area contributed by atoms with Gasteiger partial charge in [-0.15, -0.1) is 5.10 Å². The number of primary amides is 1. The summed E-state index contributed by atoms with van der Waals surface area (Å²) in [5, 5.41) is 8.34. The van der Waals surface area contributed by atoms with Crippen LogP contribution >= 0.6 is 0 Å². The molecule has 1 atom stereocenters. The van der Waals surface area contributed by atoms with Crippen LogP contribution in [0.4, 0.5) is 0 Å². The van der Waals surface area contributed by atoms with Crippen LogP contribution in [0.25, 0.3) is 0 Å². The highest BCUT2D eigenvalue weighted by Gasteiger charge is 2.28. The maximum atomic E-state index is 11.1. The molecule has 0 bridgehead atoms. The summed E-state index contributed by atoms with van der Waals surface area (Å²) < 4.78 is 7.09. The van der Waals surface area contributed by atoms with E-state index >= 15 is 0 Å². The zero-order valence-corrected chi connectivity index (χ0v) is 11.6. The molecule has 1 aromatic rings. The van der Waals surface area contributed by atoms with Crippen LogP contribution in [-0.2, 0) is 22.5 Å². The Balaban J connectivity index is 2.17. The molecular weight excluding hydrogens is 244 g/mol. The highest BCUT2D eigenvalue weighted by molar-refractivity contribution is 5.76. The smallest absolute Gasteiger partial charge is 0.223 e. The van der Waals surface area contributed by atoms with Gasteiger partial charge in [0.2, 0.25) is 5.91 Å². The van der Waals surface area contributed by atoms with Gasteiger partial charge in [0.15, 0.2) is 0 Å². The van der Waals surface area contributed by atoms with Crippen LogP contribution in [0.2, 0.25) is 0 Å². The Morgan fingerprint density at radius 1 is 1.58 bits per heavy atom. The van der Waals surface area contributed by atoms with Crippen molar-refractivity contribution in [3.05, 3.63) is 11.4 Å². The van der Waals surface area contributed by atoms with E-state index in [2.05, 4.69) is 17.2 Å². The van der Waals surface area contributed by atoms with Gasteiger partial charge in [-0.3, -0.25) is 4.79 Å². The second-order valence-electron chi connectivity index (χ2n) is 5.43. The second kappa shape index (κ2) is 6.14. The van der Waals surface area contributed by atoms with E-state index in [0.29, 0.717) is 18.4 Å². The predicted molar refractivity (Wildman–Crippen MR) is 70.6 cm³/mol. The van der Waals surface area contributed by atoms with Gasteiger partial charge in [0.05, 0.1) is 24.4 Å². The van der Waals surface area contributed by atoms with E-state index in [4.69, 9.17) is 10.5 Å². The minimum atomic E-state index is -0.349. The van der Waals surface area contributed by atoms with Crippen LogP contribution in [-0.4, -0.2) is 34.6 Å². The molecule has 2 N–H and O–H groups in total. The zero-order valence-electron chi connectivity index (χ0n) is 11.6. The van der Waals surface area contributed by atoms with Crippen molar-refractivity contribution in [3.8, 4) is 0 Å². The fraction of sp³-hybridized carbons (Fsp3) is 0.769. The van der Waals surface area contributed by atoms with E-state index in [9.17, 15) is 4.79 Å². The number of carbonyl (C=O) groups is 1. The van der Waals surface area contributed by atoms with Gasteiger partial charge < -0.3 is 10.5 Å². The summed E-state index contributed by atoms with van der Waals surface area (Å²) in [6.07, 6.45) is 3.72. The lowest BCUT2D eigenvalue weighted by molar-refractivity contribution is -0.117. The molecule has 1 amide bonds. The Labute approximate surface area is 113 Å². The van der Waals surface area contributed by atoms with E-state index in [1.165, 1.54) is 6.42 Å². The van der Waals surface area contributed by atoms with Crippen molar-refractivity contribution in [2.24, 2.45) is 11.7 Å². The molecule has 0 spiro atoms. The molecule has 106 valence electrons. The van der Waals surface area contributed by atoms with Gasteiger partial charge in [0.1, 0.15) is 0 Å². The van der Waals surface area contributed by atoms with Crippen molar-refractivity contribution in [1.29, 1.82) is 0 Å². The van der Waals surface area contributed by atoms with E-state index < -0.39 is 0 Å². The molecule has 19 heavy (non-hydrogen) atoms. The number of carbonyl (C=O) groups excluding carboxylic acids is 1. The molecule has 1 fully saturated rings.